The predicted molar refractivity (Wildman–Crippen MR) is 89.6 cm³/mol. The van der Waals surface area contributed by atoms with E-state index in [9.17, 15) is 4.79 Å². The molecule has 0 aliphatic heterocycles. The number of hydrogen-bond donors (Lipinski definition) is 2. The molecule has 20 heavy (non-hydrogen) atoms. The highest BCUT2D eigenvalue weighted by Gasteiger charge is 2.09. The largest absolute Gasteiger partial charge is 0.325 e. The molecule has 4 heteroatoms. The average Bonchev–Trinajstić information content (AvgIpc) is 2.36. The SMILES string of the molecule is Cc1cc(Br)cc(C)c1NC(=O)Cc1ccc(S)cc1. The van der Waals surface area contributed by atoms with E-state index in [1.807, 2.05) is 50.2 Å². The molecule has 2 rings (SSSR count). The lowest BCUT2D eigenvalue weighted by atomic mass is 10.1. The van der Waals surface area contributed by atoms with Gasteiger partial charge in [0.25, 0.3) is 0 Å². The van der Waals surface area contributed by atoms with Crippen molar-refractivity contribution in [1.82, 2.24) is 0 Å². The lowest BCUT2D eigenvalue weighted by molar-refractivity contribution is -0.115. The average molecular weight is 350 g/mol. The molecule has 2 nitrogen and oxygen atoms in total. The van der Waals surface area contributed by atoms with E-state index >= 15 is 0 Å². The molecule has 104 valence electrons. The van der Waals surface area contributed by atoms with Gasteiger partial charge in [-0.3, -0.25) is 4.79 Å². The standard InChI is InChI=1S/C16H16BrNOS/c1-10-7-13(17)8-11(2)16(10)18-15(19)9-12-3-5-14(20)6-4-12/h3-8,20H,9H2,1-2H3,(H,18,19). The van der Waals surface area contributed by atoms with Crippen molar-refractivity contribution in [3.63, 3.8) is 0 Å². The fraction of sp³-hybridized carbons (Fsp3) is 0.188. The molecule has 0 saturated heterocycles. The Balaban J connectivity index is 2.10. The minimum absolute atomic E-state index is 0.00885. The number of carbonyl (C=O) groups is 1. The molecule has 0 unspecified atom stereocenters. The van der Waals surface area contributed by atoms with Crippen LogP contribution in [0.2, 0.25) is 0 Å². The zero-order valence-corrected chi connectivity index (χ0v) is 13.9. The Hall–Kier alpha value is -1.26. The van der Waals surface area contributed by atoms with Crippen molar-refractivity contribution in [3.05, 3.63) is 57.6 Å². The Morgan fingerprint density at radius 2 is 1.70 bits per heavy atom. The smallest absolute Gasteiger partial charge is 0.228 e. The van der Waals surface area contributed by atoms with Gasteiger partial charge in [-0.25, -0.2) is 0 Å². The Morgan fingerprint density at radius 1 is 1.15 bits per heavy atom. The van der Waals surface area contributed by atoms with Gasteiger partial charge >= 0.3 is 0 Å². The van der Waals surface area contributed by atoms with E-state index in [1.54, 1.807) is 0 Å². The van der Waals surface area contributed by atoms with Gasteiger partial charge in [0, 0.05) is 15.1 Å². The van der Waals surface area contributed by atoms with Gasteiger partial charge in [0.2, 0.25) is 5.91 Å². The van der Waals surface area contributed by atoms with Crippen LogP contribution in [-0.2, 0) is 11.2 Å². The van der Waals surface area contributed by atoms with E-state index in [4.69, 9.17) is 0 Å². The molecular formula is C16H16BrNOS. The molecule has 2 aromatic rings. The fourth-order valence-corrected chi connectivity index (χ4v) is 2.93. The first-order valence-electron chi connectivity index (χ1n) is 6.30. The van der Waals surface area contributed by atoms with Crippen LogP contribution >= 0.6 is 28.6 Å². The molecule has 0 aliphatic rings. The normalized spacial score (nSPS) is 10.4. The van der Waals surface area contributed by atoms with E-state index in [1.165, 1.54) is 0 Å². The maximum Gasteiger partial charge on any atom is 0.228 e. The molecule has 0 aromatic heterocycles. The molecule has 0 spiro atoms. The van der Waals surface area contributed by atoms with Crippen molar-refractivity contribution in [1.29, 1.82) is 0 Å². The van der Waals surface area contributed by atoms with Crippen molar-refractivity contribution in [3.8, 4) is 0 Å². The van der Waals surface area contributed by atoms with E-state index in [2.05, 4.69) is 33.9 Å². The van der Waals surface area contributed by atoms with Crippen LogP contribution in [0.4, 0.5) is 5.69 Å². The van der Waals surface area contributed by atoms with Crippen LogP contribution in [0.3, 0.4) is 0 Å². The summed E-state index contributed by atoms with van der Waals surface area (Å²) in [5, 5.41) is 2.99. The predicted octanol–water partition coefficient (Wildman–Crippen LogP) is 4.54. The number of anilines is 1. The monoisotopic (exact) mass is 349 g/mol. The van der Waals surface area contributed by atoms with Gasteiger partial charge in [-0.1, -0.05) is 28.1 Å². The van der Waals surface area contributed by atoms with Gasteiger partial charge < -0.3 is 5.32 Å². The molecular weight excluding hydrogens is 334 g/mol. The summed E-state index contributed by atoms with van der Waals surface area (Å²) in [6, 6.07) is 11.6. The summed E-state index contributed by atoms with van der Waals surface area (Å²) in [5.74, 6) is -0.00885. The van der Waals surface area contributed by atoms with Gasteiger partial charge in [0.15, 0.2) is 0 Å². The Bertz CT molecular complexity index is 614. The summed E-state index contributed by atoms with van der Waals surface area (Å²) >= 11 is 7.69. The molecule has 0 radical (unpaired) electrons. The maximum atomic E-state index is 12.1. The lowest BCUT2D eigenvalue weighted by Crippen LogP contribution is -2.16. The number of aryl methyl sites for hydroxylation is 2. The molecule has 0 heterocycles. The molecule has 0 fully saturated rings. The summed E-state index contributed by atoms with van der Waals surface area (Å²) in [4.78, 5) is 13.0. The molecule has 1 amide bonds. The van der Waals surface area contributed by atoms with E-state index in [0.717, 1.165) is 31.7 Å². The third-order valence-corrected chi connectivity index (χ3v) is 3.82. The Labute approximate surface area is 133 Å². The second-order valence-corrected chi connectivity index (χ2v) is 6.24. The number of amides is 1. The zero-order chi connectivity index (χ0) is 14.7. The van der Waals surface area contributed by atoms with Crippen LogP contribution in [0, 0.1) is 13.8 Å². The van der Waals surface area contributed by atoms with Crippen LogP contribution in [0.1, 0.15) is 16.7 Å². The van der Waals surface area contributed by atoms with Crippen molar-refractivity contribution in [2.75, 3.05) is 5.32 Å². The first-order valence-corrected chi connectivity index (χ1v) is 7.54. The third kappa shape index (κ3) is 3.87. The van der Waals surface area contributed by atoms with Crippen LogP contribution in [0.5, 0.6) is 0 Å². The minimum Gasteiger partial charge on any atom is -0.325 e. The highest BCUT2D eigenvalue weighted by Crippen LogP contribution is 2.25. The third-order valence-electron chi connectivity index (χ3n) is 3.06. The van der Waals surface area contributed by atoms with Crippen LogP contribution < -0.4 is 5.32 Å². The zero-order valence-electron chi connectivity index (χ0n) is 11.4. The number of halogens is 1. The number of thiol groups is 1. The van der Waals surface area contributed by atoms with Crippen molar-refractivity contribution < 1.29 is 4.79 Å². The maximum absolute atomic E-state index is 12.1. The number of carbonyl (C=O) groups excluding carboxylic acids is 1. The van der Waals surface area contributed by atoms with Gasteiger partial charge in [0.05, 0.1) is 6.42 Å². The first-order chi connectivity index (χ1) is 9.45. The molecule has 0 saturated carbocycles. The lowest BCUT2D eigenvalue weighted by Gasteiger charge is -2.12. The quantitative estimate of drug-likeness (QED) is 0.782. The fourth-order valence-electron chi connectivity index (χ4n) is 2.09. The molecule has 2 aromatic carbocycles. The number of benzene rings is 2. The highest BCUT2D eigenvalue weighted by atomic mass is 79.9. The van der Waals surface area contributed by atoms with Gasteiger partial charge in [-0.05, 0) is 54.8 Å². The second-order valence-electron chi connectivity index (χ2n) is 4.81. The topological polar surface area (TPSA) is 29.1 Å². The van der Waals surface area contributed by atoms with Crippen LogP contribution in [-0.4, -0.2) is 5.91 Å². The summed E-state index contributed by atoms with van der Waals surface area (Å²) in [5.41, 5.74) is 3.98. The minimum atomic E-state index is -0.00885. The van der Waals surface area contributed by atoms with Crippen molar-refractivity contribution in [2.45, 2.75) is 25.2 Å². The summed E-state index contributed by atoms with van der Waals surface area (Å²) in [6.07, 6.45) is 0.364. The number of rotatable bonds is 3. The molecule has 0 bridgehead atoms. The Kier molecular flexibility index (Phi) is 4.89. The first kappa shape index (κ1) is 15.1. The van der Waals surface area contributed by atoms with Gasteiger partial charge in [0.1, 0.15) is 0 Å². The summed E-state index contributed by atoms with van der Waals surface area (Å²) in [7, 11) is 0. The van der Waals surface area contributed by atoms with E-state index in [-0.39, 0.29) is 5.91 Å². The summed E-state index contributed by atoms with van der Waals surface area (Å²) in [6.45, 7) is 3.98. The van der Waals surface area contributed by atoms with E-state index in [0.29, 0.717) is 6.42 Å². The van der Waals surface area contributed by atoms with Crippen LogP contribution in [0.15, 0.2) is 45.8 Å². The second kappa shape index (κ2) is 6.46. The molecule has 0 atom stereocenters. The van der Waals surface area contributed by atoms with Gasteiger partial charge in [-0.15, -0.1) is 12.6 Å². The van der Waals surface area contributed by atoms with Gasteiger partial charge in [-0.2, -0.15) is 0 Å². The Morgan fingerprint density at radius 3 is 2.25 bits per heavy atom. The van der Waals surface area contributed by atoms with Crippen molar-refractivity contribution in [2.24, 2.45) is 0 Å². The highest BCUT2D eigenvalue weighted by molar-refractivity contribution is 9.10. The number of hydrogen-bond acceptors (Lipinski definition) is 2. The van der Waals surface area contributed by atoms with E-state index < -0.39 is 0 Å². The molecule has 1 N–H and O–H groups in total. The summed E-state index contributed by atoms with van der Waals surface area (Å²) < 4.78 is 1.02. The van der Waals surface area contributed by atoms with Crippen molar-refractivity contribution >= 4 is 40.2 Å². The molecule has 0 aliphatic carbocycles. The van der Waals surface area contributed by atoms with Crippen LogP contribution in [0.25, 0.3) is 0 Å². The number of nitrogens with one attached hydrogen (secondary N) is 1.